The van der Waals surface area contributed by atoms with Crippen LogP contribution in [0.25, 0.3) is 54.3 Å². The first kappa shape index (κ1) is 24.9. The molecule has 38 heavy (non-hydrogen) atoms. The van der Waals surface area contributed by atoms with Crippen LogP contribution in [0.4, 0.5) is 0 Å². The van der Waals surface area contributed by atoms with Crippen LogP contribution in [0.1, 0.15) is 57.1 Å². The highest BCUT2D eigenvalue weighted by atomic mass is 32.1. The second kappa shape index (κ2) is 9.10. The fourth-order valence-electron chi connectivity index (χ4n) is 5.66. The second-order valence-corrected chi connectivity index (χ2v) is 13.0. The van der Waals surface area contributed by atoms with Crippen molar-refractivity contribution in [3.05, 3.63) is 88.5 Å². The maximum absolute atomic E-state index is 6.15. The largest absolute Gasteiger partial charge is 0.461 e. The number of nitrogens with zero attached hydrogens (tertiary/aromatic N) is 1. The zero-order chi connectivity index (χ0) is 26.8. The van der Waals surface area contributed by atoms with E-state index in [-0.39, 0.29) is 5.41 Å². The molecule has 0 bridgehead atoms. The minimum atomic E-state index is 0.0256. The molecule has 6 aromatic rings. The van der Waals surface area contributed by atoms with E-state index in [1.54, 1.807) is 11.3 Å². The first-order chi connectivity index (χ1) is 18.1. The highest BCUT2D eigenvalue weighted by molar-refractivity contribution is 7.18. The lowest BCUT2D eigenvalue weighted by atomic mass is 9.82. The van der Waals surface area contributed by atoms with Gasteiger partial charge in [0.25, 0.3) is 0 Å². The minimum absolute atomic E-state index is 0.0256. The van der Waals surface area contributed by atoms with Gasteiger partial charge in [-0.3, -0.25) is 0 Å². The van der Waals surface area contributed by atoms with Gasteiger partial charge in [0.15, 0.2) is 0 Å². The number of rotatable bonds is 4. The van der Waals surface area contributed by atoms with Crippen LogP contribution in [0.15, 0.2) is 70.5 Å². The van der Waals surface area contributed by atoms with Gasteiger partial charge >= 0.3 is 0 Å². The van der Waals surface area contributed by atoms with E-state index in [2.05, 4.69) is 115 Å². The molecule has 0 unspecified atom stereocenters. The Morgan fingerprint density at radius 2 is 1.68 bits per heavy atom. The number of fused-ring (bicyclic) bond motifs is 3. The molecule has 0 amide bonds. The molecule has 3 heterocycles. The lowest BCUT2D eigenvalue weighted by Gasteiger charge is -2.23. The van der Waals surface area contributed by atoms with Crippen molar-refractivity contribution in [3.63, 3.8) is 0 Å². The van der Waals surface area contributed by atoms with E-state index in [1.165, 1.54) is 54.2 Å². The number of furan rings is 1. The maximum Gasteiger partial charge on any atom is 0.134 e. The van der Waals surface area contributed by atoms with Crippen LogP contribution in [0.3, 0.4) is 0 Å². The van der Waals surface area contributed by atoms with Crippen LogP contribution in [0.5, 0.6) is 0 Å². The third-order valence-electron chi connectivity index (χ3n) is 7.58. The van der Waals surface area contributed by atoms with Crippen molar-refractivity contribution in [1.29, 1.82) is 0 Å². The minimum Gasteiger partial charge on any atom is -0.461 e. The summed E-state index contributed by atoms with van der Waals surface area (Å²) < 4.78 is 7.40. The molecule has 0 aliphatic rings. The molecule has 2 nitrogen and oxygen atoms in total. The number of aryl methyl sites for hydroxylation is 2. The first-order valence-electron chi connectivity index (χ1n) is 13.5. The summed E-state index contributed by atoms with van der Waals surface area (Å²) >= 11 is 1.79. The van der Waals surface area contributed by atoms with Gasteiger partial charge in [-0.2, -0.15) is 0 Å². The van der Waals surface area contributed by atoms with Crippen LogP contribution in [-0.2, 0) is 11.8 Å². The molecule has 0 atom stereocenters. The number of pyridine rings is 1. The monoisotopic (exact) mass is 517 g/mol. The Hall–Kier alpha value is -3.43. The van der Waals surface area contributed by atoms with Gasteiger partial charge in [0, 0.05) is 22.1 Å². The molecule has 6 rings (SSSR count). The molecule has 0 aliphatic carbocycles. The summed E-state index contributed by atoms with van der Waals surface area (Å²) in [5.74, 6) is 1.60. The Bertz CT molecular complexity index is 1830. The number of hydrogen-bond donors (Lipinski definition) is 0. The average molecular weight is 518 g/mol. The molecule has 0 N–H and O–H groups in total. The molecule has 3 heteroatoms. The molecule has 0 radical (unpaired) electrons. The lowest BCUT2D eigenvalue weighted by molar-refractivity contribution is 0.560. The van der Waals surface area contributed by atoms with E-state index in [9.17, 15) is 0 Å². The molecule has 192 valence electrons. The van der Waals surface area contributed by atoms with Crippen molar-refractivity contribution in [2.45, 2.75) is 60.3 Å². The van der Waals surface area contributed by atoms with E-state index in [0.717, 1.165) is 29.0 Å². The Morgan fingerprint density at radius 1 is 0.895 bits per heavy atom. The van der Waals surface area contributed by atoms with E-state index in [1.807, 2.05) is 0 Å². The van der Waals surface area contributed by atoms with Gasteiger partial charge in [0.2, 0.25) is 0 Å². The molecule has 3 aromatic carbocycles. The topological polar surface area (TPSA) is 26.0 Å². The number of aromatic nitrogens is 1. The lowest BCUT2D eigenvalue weighted by Crippen LogP contribution is -2.12. The Labute approximate surface area is 229 Å². The smallest absolute Gasteiger partial charge is 0.134 e. The highest BCUT2D eigenvalue weighted by Crippen LogP contribution is 2.41. The van der Waals surface area contributed by atoms with Crippen molar-refractivity contribution >= 4 is 43.3 Å². The molecular formula is C35H35NOS. The van der Waals surface area contributed by atoms with Gasteiger partial charge in [-0.15, -0.1) is 11.3 Å². The predicted molar refractivity (Wildman–Crippen MR) is 164 cm³/mol. The molecule has 0 spiro atoms. The second-order valence-electron chi connectivity index (χ2n) is 12.1. The zero-order valence-corrected chi connectivity index (χ0v) is 24.2. The fourth-order valence-corrected chi connectivity index (χ4v) is 6.69. The van der Waals surface area contributed by atoms with E-state index in [4.69, 9.17) is 9.40 Å². The Morgan fingerprint density at radius 3 is 2.45 bits per heavy atom. The van der Waals surface area contributed by atoms with Crippen LogP contribution in [0.2, 0.25) is 0 Å². The van der Waals surface area contributed by atoms with Crippen molar-refractivity contribution < 1.29 is 4.42 Å². The number of thiophene rings is 1. The van der Waals surface area contributed by atoms with E-state index in [0.29, 0.717) is 5.92 Å². The van der Waals surface area contributed by atoms with Crippen LogP contribution in [-0.4, -0.2) is 4.98 Å². The van der Waals surface area contributed by atoms with Crippen LogP contribution < -0.4 is 0 Å². The zero-order valence-electron chi connectivity index (χ0n) is 23.4. The van der Waals surface area contributed by atoms with Crippen molar-refractivity contribution in [3.8, 4) is 22.4 Å². The van der Waals surface area contributed by atoms with Crippen LogP contribution in [0, 0.1) is 19.8 Å². The first-order valence-corrected chi connectivity index (χ1v) is 14.4. The Balaban J connectivity index is 1.60. The van der Waals surface area contributed by atoms with Gasteiger partial charge in [0.05, 0.1) is 15.9 Å². The third kappa shape index (κ3) is 4.23. The van der Waals surface area contributed by atoms with Crippen molar-refractivity contribution in [2.24, 2.45) is 5.92 Å². The van der Waals surface area contributed by atoms with Gasteiger partial charge in [-0.05, 0) is 94.8 Å². The standard InChI is InChI=1S/C35H35NOS/c1-20(2)14-27-22(4)37-32-13-12-24(16-29(27)32)28-18-31(36-33-21(3)19-38-34(28)33)25-15-23-10-8-9-11-26(23)30(17-25)35(5,6)7/h8-13,15-20H,14H2,1-7H3. The molecule has 0 saturated heterocycles. The quantitative estimate of drug-likeness (QED) is 0.232. The molecule has 0 fully saturated rings. The predicted octanol–water partition coefficient (Wildman–Crippen LogP) is 10.6. The third-order valence-corrected chi connectivity index (χ3v) is 8.70. The summed E-state index contributed by atoms with van der Waals surface area (Å²) in [6, 6.07) is 22.3. The molecule has 0 saturated carbocycles. The fraction of sp³-hybridized carbons (Fsp3) is 0.286. The van der Waals surface area contributed by atoms with Gasteiger partial charge in [-0.1, -0.05) is 65.0 Å². The average Bonchev–Trinajstić information content (AvgIpc) is 3.40. The maximum atomic E-state index is 6.15. The van der Waals surface area contributed by atoms with Crippen molar-refractivity contribution in [1.82, 2.24) is 4.98 Å². The number of hydrogen-bond acceptors (Lipinski definition) is 3. The molecule has 3 aromatic heterocycles. The normalized spacial score (nSPS) is 12.4. The summed E-state index contributed by atoms with van der Waals surface area (Å²) in [4.78, 5) is 5.24. The van der Waals surface area contributed by atoms with Crippen LogP contribution >= 0.6 is 11.3 Å². The van der Waals surface area contributed by atoms with E-state index >= 15 is 0 Å². The highest BCUT2D eigenvalue weighted by Gasteiger charge is 2.21. The van der Waals surface area contributed by atoms with Gasteiger partial charge in [-0.25, -0.2) is 4.98 Å². The van der Waals surface area contributed by atoms with Gasteiger partial charge < -0.3 is 4.42 Å². The summed E-state index contributed by atoms with van der Waals surface area (Å²) in [6.45, 7) is 15.7. The number of benzene rings is 3. The molecule has 0 aliphatic heterocycles. The summed E-state index contributed by atoms with van der Waals surface area (Å²) in [6.07, 6.45) is 1.02. The van der Waals surface area contributed by atoms with Crippen molar-refractivity contribution in [2.75, 3.05) is 0 Å². The SMILES string of the molecule is Cc1oc2ccc(-c3cc(-c4cc(C(C)(C)C)c5ccccc5c4)nc4c(C)csc34)cc2c1CC(C)C. The molecular weight excluding hydrogens is 482 g/mol. The summed E-state index contributed by atoms with van der Waals surface area (Å²) in [7, 11) is 0. The Kier molecular flexibility index (Phi) is 5.96. The van der Waals surface area contributed by atoms with Gasteiger partial charge in [0.1, 0.15) is 11.3 Å². The summed E-state index contributed by atoms with van der Waals surface area (Å²) in [5, 5.41) is 6.04. The summed E-state index contributed by atoms with van der Waals surface area (Å²) in [5.41, 5.74) is 10.7. The van der Waals surface area contributed by atoms with E-state index < -0.39 is 0 Å².